The van der Waals surface area contributed by atoms with Crippen LogP contribution in [0.25, 0.3) is 6.08 Å². The molecular formula is C15H13ClINO. The third-order valence-electron chi connectivity index (χ3n) is 2.54. The fourth-order valence-electron chi connectivity index (χ4n) is 1.61. The molecule has 0 aliphatic rings. The van der Waals surface area contributed by atoms with Gasteiger partial charge in [0.05, 0.1) is 5.56 Å². The summed E-state index contributed by atoms with van der Waals surface area (Å²) in [5, 5.41) is 0.639. The van der Waals surface area contributed by atoms with Gasteiger partial charge in [0, 0.05) is 11.1 Å². The second kappa shape index (κ2) is 7.40. The van der Waals surface area contributed by atoms with Gasteiger partial charge in [-0.2, -0.15) is 0 Å². The van der Waals surface area contributed by atoms with E-state index < -0.39 is 0 Å². The Bertz CT molecular complexity index is 611. The molecule has 0 aliphatic heterocycles. The lowest BCUT2D eigenvalue weighted by Crippen LogP contribution is -3.00. The molecule has 0 bridgehead atoms. The molecule has 1 aromatic carbocycles. The van der Waals surface area contributed by atoms with Crippen LogP contribution in [0.2, 0.25) is 5.02 Å². The Hall–Kier alpha value is -1.20. The van der Waals surface area contributed by atoms with Gasteiger partial charge in [-0.25, -0.2) is 4.57 Å². The van der Waals surface area contributed by atoms with Gasteiger partial charge in [0.1, 0.15) is 7.05 Å². The first-order chi connectivity index (χ1) is 8.66. The monoisotopic (exact) mass is 385 g/mol. The van der Waals surface area contributed by atoms with Crippen LogP contribution in [0.15, 0.2) is 54.9 Å². The van der Waals surface area contributed by atoms with Gasteiger partial charge < -0.3 is 24.0 Å². The highest BCUT2D eigenvalue weighted by atomic mass is 127. The highest BCUT2D eigenvalue weighted by Crippen LogP contribution is 2.16. The molecule has 98 valence electrons. The molecule has 1 heterocycles. The first-order valence-electron chi connectivity index (χ1n) is 5.59. The number of aromatic nitrogens is 1. The summed E-state index contributed by atoms with van der Waals surface area (Å²) < 4.78 is 1.84. The number of nitrogens with zero attached hydrogens (tertiary/aromatic N) is 1. The summed E-state index contributed by atoms with van der Waals surface area (Å²) in [5.74, 6) is -0.0360. The summed E-state index contributed by atoms with van der Waals surface area (Å²) in [4.78, 5) is 11.9. The Kier molecular flexibility index (Phi) is 6.18. The van der Waals surface area contributed by atoms with E-state index in [2.05, 4.69) is 0 Å². The van der Waals surface area contributed by atoms with Gasteiger partial charge in [0.25, 0.3) is 0 Å². The predicted octanol–water partition coefficient (Wildman–Crippen LogP) is 0.0646. The molecule has 0 amide bonds. The average molecular weight is 386 g/mol. The fourth-order valence-corrected chi connectivity index (χ4v) is 1.80. The van der Waals surface area contributed by atoms with E-state index in [1.54, 1.807) is 24.4 Å². The van der Waals surface area contributed by atoms with Gasteiger partial charge in [-0.3, -0.25) is 4.79 Å². The van der Waals surface area contributed by atoms with E-state index in [4.69, 9.17) is 11.6 Å². The van der Waals surface area contributed by atoms with Crippen molar-refractivity contribution in [2.45, 2.75) is 0 Å². The van der Waals surface area contributed by atoms with Gasteiger partial charge in [-0.15, -0.1) is 0 Å². The van der Waals surface area contributed by atoms with Gasteiger partial charge in [-0.05, 0) is 29.8 Å². The molecule has 4 heteroatoms. The number of hydrogen-bond acceptors (Lipinski definition) is 1. The normalized spacial score (nSPS) is 10.2. The molecule has 2 aromatic rings. The number of aryl methyl sites for hydroxylation is 1. The molecule has 0 aliphatic carbocycles. The van der Waals surface area contributed by atoms with Crippen LogP contribution in [0, 0.1) is 0 Å². The molecule has 1 aromatic heterocycles. The first kappa shape index (κ1) is 15.9. The van der Waals surface area contributed by atoms with Crippen molar-refractivity contribution < 1.29 is 33.3 Å². The number of halogens is 2. The lowest BCUT2D eigenvalue weighted by molar-refractivity contribution is -0.671. The molecule has 0 radical (unpaired) electrons. The molecule has 2 nitrogen and oxygen atoms in total. The van der Waals surface area contributed by atoms with Crippen LogP contribution in [-0.2, 0) is 7.05 Å². The lowest BCUT2D eigenvalue weighted by Gasteiger charge is -1.96. The smallest absolute Gasteiger partial charge is 0.191 e. The van der Waals surface area contributed by atoms with Crippen molar-refractivity contribution in [3.05, 3.63) is 71.0 Å². The molecule has 0 saturated carbocycles. The summed E-state index contributed by atoms with van der Waals surface area (Å²) >= 11 is 6.01. The minimum absolute atomic E-state index is 0. The van der Waals surface area contributed by atoms with Crippen molar-refractivity contribution in [1.82, 2.24) is 0 Å². The van der Waals surface area contributed by atoms with Crippen molar-refractivity contribution in [3.8, 4) is 0 Å². The number of pyridine rings is 1. The first-order valence-corrected chi connectivity index (χ1v) is 5.97. The Morgan fingerprint density at radius 3 is 2.63 bits per heavy atom. The maximum Gasteiger partial charge on any atom is 0.191 e. The van der Waals surface area contributed by atoms with E-state index in [-0.39, 0.29) is 29.8 Å². The Morgan fingerprint density at radius 2 is 1.95 bits per heavy atom. The Labute approximate surface area is 134 Å². The van der Waals surface area contributed by atoms with Crippen LogP contribution in [0.4, 0.5) is 0 Å². The van der Waals surface area contributed by atoms with E-state index in [1.165, 1.54) is 6.08 Å². The second-order valence-corrected chi connectivity index (χ2v) is 4.38. The van der Waals surface area contributed by atoms with Crippen molar-refractivity contribution in [1.29, 1.82) is 0 Å². The highest BCUT2D eigenvalue weighted by Gasteiger charge is 2.05. The predicted molar refractivity (Wildman–Crippen MR) is 72.4 cm³/mol. The fraction of sp³-hybridized carbons (Fsp3) is 0.0667. The molecule has 0 saturated heterocycles. The van der Waals surface area contributed by atoms with E-state index in [0.29, 0.717) is 10.6 Å². The summed E-state index contributed by atoms with van der Waals surface area (Å²) in [7, 11) is 1.88. The van der Waals surface area contributed by atoms with Crippen molar-refractivity contribution in [3.63, 3.8) is 0 Å². The van der Waals surface area contributed by atoms with E-state index in [0.717, 1.165) is 5.56 Å². The second-order valence-electron chi connectivity index (χ2n) is 3.98. The van der Waals surface area contributed by atoms with Gasteiger partial charge >= 0.3 is 0 Å². The maximum atomic E-state index is 11.9. The molecule has 19 heavy (non-hydrogen) atoms. The van der Waals surface area contributed by atoms with Crippen LogP contribution in [0.5, 0.6) is 0 Å². The Balaban J connectivity index is 0.00000180. The minimum atomic E-state index is -0.0360. The Morgan fingerprint density at radius 1 is 1.21 bits per heavy atom. The quantitative estimate of drug-likeness (QED) is 0.317. The molecule has 0 spiro atoms. The summed E-state index contributed by atoms with van der Waals surface area (Å²) in [6.45, 7) is 0. The minimum Gasteiger partial charge on any atom is -1.00 e. The zero-order valence-corrected chi connectivity index (χ0v) is 13.3. The topological polar surface area (TPSA) is 20.9 Å². The number of hydrogen-bond donors (Lipinski definition) is 0. The number of ketones is 1. The third-order valence-corrected chi connectivity index (χ3v) is 2.89. The van der Waals surface area contributed by atoms with E-state index in [9.17, 15) is 4.79 Å². The number of carbonyl (C=O) groups is 1. The van der Waals surface area contributed by atoms with Crippen LogP contribution < -0.4 is 28.5 Å². The van der Waals surface area contributed by atoms with Crippen molar-refractivity contribution in [2.75, 3.05) is 0 Å². The van der Waals surface area contributed by atoms with E-state index in [1.807, 2.05) is 42.1 Å². The standard InChI is InChI=1S/C15H13ClNO.HI/c1-17-10-4-6-13(11-17)15(18)9-8-12-5-2-3-7-14(12)16;/h2-11H,1H3;1H/q+1;/p-1/b9-8+;. The van der Waals surface area contributed by atoms with E-state index >= 15 is 0 Å². The molecule has 0 fully saturated rings. The molecule has 0 atom stereocenters. The highest BCUT2D eigenvalue weighted by molar-refractivity contribution is 6.32. The molecule has 2 rings (SSSR count). The van der Waals surface area contributed by atoms with Gasteiger partial charge in [0.15, 0.2) is 18.2 Å². The maximum absolute atomic E-state index is 11.9. The number of carbonyl (C=O) groups excluding carboxylic acids is 1. The zero-order chi connectivity index (χ0) is 13.0. The summed E-state index contributed by atoms with van der Waals surface area (Å²) in [5.41, 5.74) is 1.50. The summed E-state index contributed by atoms with van der Waals surface area (Å²) in [6.07, 6.45) is 6.95. The summed E-state index contributed by atoms with van der Waals surface area (Å²) in [6, 6.07) is 11.1. The SMILES string of the molecule is C[n+]1cccc(C(=O)/C=C/c2ccccc2Cl)c1.[I-]. The van der Waals surface area contributed by atoms with Crippen LogP contribution in [-0.4, -0.2) is 5.78 Å². The molecule has 0 unspecified atom stereocenters. The average Bonchev–Trinajstić information content (AvgIpc) is 2.37. The number of allylic oxidation sites excluding steroid dienone is 1. The number of rotatable bonds is 3. The third kappa shape index (κ3) is 4.44. The zero-order valence-electron chi connectivity index (χ0n) is 10.4. The van der Waals surface area contributed by atoms with Crippen molar-refractivity contribution in [2.24, 2.45) is 7.05 Å². The molecular weight excluding hydrogens is 373 g/mol. The largest absolute Gasteiger partial charge is 1.00 e. The van der Waals surface area contributed by atoms with Crippen LogP contribution in [0.1, 0.15) is 15.9 Å². The van der Waals surface area contributed by atoms with Crippen LogP contribution >= 0.6 is 11.6 Å². The number of benzene rings is 1. The molecule has 0 N–H and O–H groups in total. The lowest BCUT2D eigenvalue weighted by atomic mass is 10.1. The van der Waals surface area contributed by atoms with Gasteiger partial charge in [-0.1, -0.05) is 29.8 Å². The van der Waals surface area contributed by atoms with Crippen LogP contribution in [0.3, 0.4) is 0 Å². The van der Waals surface area contributed by atoms with Crippen molar-refractivity contribution >= 4 is 23.5 Å². The van der Waals surface area contributed by atoms with Gasteiger partial charge in [0.2, 0.25) is 0 Å².